The van der Waals surface area contributed by atoms with Crippen LogP contribution in [0, 0.1) is 17.0 Å². The lowest BCUT2D eigenvalue weighted by Gasteiger charge is -2.18. The maximum atomic E-state index is 12.5. The summed E-state index contributed by atoms with van der Waals surface area (Å²) in [4.78, 5) is 10.8. The third-order valence-electron chi connectivity index (χ3n) is 4.06. The molecule has 0 saturated carbocycles. The van der Waals surface area contributed by atoms with E-state index >= 15 is 0 Å². The van der Waals surface area contributed by atoms with Gasteiger partial charge in [-0.1, -0.05) is 18.2 Å². The van der Waals surface area contributed by atoms with Crippen LogP contribution < -0.4 is 9.04 Å². The van der Waals surface area contributed by atoms with E-state index in [9.17, 15) is 18.5 Å². The highest BCUT2D eigenvalue weighted by Crippen LogP contribution is 2.41. The molecule has 0 radical (unpaired) electrons. The van der Waals surface area contributed by atoms with Crippen LogP contribution in [0.2, 0.25) is 0 Å². The number of benzene rings is 2. The standard InChI is InChI=1S/C16H16N2O5S/c1-11-3-8-15-14(16(11)18(19)20)10-24(21,22)17(15)9-12-4-6-13(23-2)7-5-12/h3-8H,9-10H2,1-2H3. The lowest BCUT2D eigenvalue weighted by atomic mass is 10.1. The van der Waals surface area contributed by atoms with Gasteiger partial charge in [-0.2, -0.15) is 0 Å². The summed E-state index contributed by atoms with van der Waals surface area (Å²) in [5.41, 5.74) is 1.75. The number of aryl methyl sites for hydroxylation is 1. The molecular weight excluding hydrogens is 332 g/mol. The lowest BCUT2D eigenvalue weighted by Crippen LogP contribution is -2.26. The molecule has 1 heterocycles. The van der Waals surface area contributed by atoms with Crippen LogP contribution in [0.5, 0.6) is 5.75 Å². The van der Waals surface area contributed by atoms with Crippen LogP contribution in [-0.4, -0.2) is 20.5 Å². The Morgan fingerprint density at radius 2 is 1.88 bits per heavy atom. The van der Waals surface area contributed by atoms with Gasteiger partial charge in [-0.25, -0.2) is 8.42 Å². The highest BCUT2D eigenvalue weighted by atomic mass is 32.2. The van der Waals surface area contributed by atoms with Gasteiger partial charge < -0.3 is 4.74 Å². The van der Waals surface area contributed by atoms with Crippen LogP contribution >= 0.6 is 0 Å². The quantitative estimate of drug-likeness (QED) is 0.626. The van der Waals surface area contributed by atoms with Gasteiger partial charge in [0.05, 0.1) is 29.8 Å². The number of hydrogen-bond acceptors (Lipinski definition) is 5. The van der Waals surface area contributed by atoms with Crippen LogP contribution in [0.15, 0.2) is 36.4 Å². The van der Waals surface area contributed by atoms with E-state index in [1.54, 1.807) is 50.4 Å². The second kappa shape index (κ2) is 5.79. The summed E-state index contributed by atoms with van der Waals surface area (Å²) in [7, 11) is -2.08. The van der Waals surface area contributed by atoms with Gasteiger partial charge in [0.15, 0.2) is 0 Å². The second-order valence-corrected chi connectivity index (χ2v) is 7.49. The normalized spacial score (nSPS) is 15.2. The van der Waals surface area contributed by atoms with Crippen LogP contribution in [0.1, 0.15) is 16.7 Å². The Bertz CT molecular complexity index is 907. The molecule has 0 bridgehead atoms. The molecule has 126 valence electrons. The molecule has 0 N–H and O–H groups in total. The molecule has 0 amide bonds. The van der Waals surface area contributed by atoms with Crippen molar-refractivity contribution in [2.75, 3.05) is 11.4 Å². The molecule has 0 spiro atoms. The van der Waals surface area contributed by atoms with E-state index in [1.165, 1.54) is 4.31 Å². The number of nitro groups is 1. The topological polar surface area (TPSA) is 89.8 Å². The Balaban J connectivity index is 2.03. The molecule has 0 fully saturated rings. The minimum Gasteiger partial charge on any atom is -0.497 e. The van der Waals surface area contributed by atoms with Gasteiger partial charge in [-0.3, -0.25) is 14.4 Å². The summed E-state index contributed by atoms with van der Waals surface area (Å²) in [6, 6.07) is 10.3. The zero-order valence-corrected chi connectivity index (χ0v) is 14.0. The van der Waals surface area contributed by atoms with Crippen molar-refractivity contribution in [3.8, 4) is 5.75 Å². The third-order valence-corrected chi connectivity index (χ3v) is 5.71. The number of methoxy groups -OCH3 is 1. The maximum absolute atomic E-state index is 12.5. The molecule has 0 aromatic heterocycles. The minimum absolute atomic E-state index is 0.117. The number of nitrogens with zero attached hydrogens (tertiary/aromatic N) is 2. The van der Waals surface area contributed by atoms with Crippen LogP contribution in [0.3, 0.4) is 0 Å². The second-order valence-electron chi connectivity index (χ2n) is 5.60. The Kier molecular flexibility index (Phi) is 3.92. The smallest absolute Gasteiger partial charge is 0.278 e. The molecule has 0 unspecified atom stereocenters. The predicted molar refractivity (Wildman–Crippen MR) is 89.6 cm³/mol. The lowest BCUT2D eigenvalue weighted by molar-refractivity contribution is -0.386. The summed E-state index contributed by atoms with van der Waals surface area (Å²) in [5.74, 6) is 0.325. The largest absolute Gasteiger partial charge is 0.497 e. The Morgan fingerprint density at radius 1 is 1.21 bits per heavy atom. The fourth-order valence-electron chi connectivity index (χ4n) is 2.86. The van der Waals surface area contributed by atoms with Crippen molar-refractivity contribution < 1.29 is 18.1 Å². The maximum Gasteiger partial charge on any atom is 0.278 e. The van der Waals surface area contributed by atoms with Gasteiger partial charge in [0, 0.05) is 5.56 Å². The zero-order valence-electron chi connectivity index (χ0n) is 13.2. The average Bonchev–Trinajstić information content (AvgIpc) is 2.77. The van der Waals surface area contributed by atoms with Gasteiger partial charge in [0.25, 0.3) is 5.69 Å². The van der Waals surface area contributed by atoms with E-state index in [1.807, 2.05) is 0 Å². The Morgan fingerprint density at radius 3 is 2.46 bits per heavy atom. The fourth-order valence-corrected chi connectivity index (χ4v) is 4.49. The number of anilines is 1. The number of sulfonamides is 1. The monoisotopic (exact) mass is 348 g/mol. The fraction of sp³-hybridized carbons (Fsp3) is 0.250. The summed E-state index contributed by atoms with van der Waals surface area (Å²) in [6.07, 6.45) is 0. The van der Waals surface area contributed by atoms with E-state index in [-0.39, 0.29) is 23.5 Å². The van der Waals surface area contributed by atoms with Crippen LogP contribution in [0.25, 0.3) is 0 Å². The molecule has 0 saturated heterocycles. The molecule has 2 aromatic rings. The molecule has 24 heavy (non-hydrogen) atoms. The highest BCUT2D eigenvalue weighted by Gasteiger charge is 2.38. The van der Waals surface area contributed by atoms with E-state index in [4.69, 9.17) is 4.74 Å². The molecule has 0 aliphatic carbocycles. The van der Waals surface area contributed by atoms with Crippen molar-refractivity contribution in [2.24, 2.45) is 0 Å². The predicted octanol–water partition coefficient (Wildman–Crippen LogP) is 2.76. The van der Waals surface area contributed by atoms with Crippen molar-refractivity contribution in [1.29, 1.82) is 0 Å². The molecule has 0 atom stereocenters. The first kappa shape index (κ1) is 16.3. The summed E-state index contributed by atoms with van der Waals surface area (Å²) in [5, 5.41) is 11.3. The minimum atomic E-state index is -3.64. The molecule has 1 aliphatic rings. The van der Waals surface area contributed by atoms with Crippen molar-refractivity contribution in [3.05, 3.63) is 63.2 Å². The molecule has 1 aliphatic heterocycles. The van der Waals surface area contributed by atoms with Crippen LogP contribution in [0.4, 0.5) is 11.4 Å². The highest BCUT2D eigenvalue weighted by molar-refractivity contribution is 7.92. The first-order valence-electron chi connectivity index (χ1n) is 7.23. The van der Waals surface area contributed by atoms with Gasteiger partial charge in [0.1, 0.15) is 11.5 Å². The van der Waals surface area contributed by atoms with Crippen LogP contribution in [-0.2, 0) is 22.3 Å². The molecule has 3 rings (SSSR count). The summed E-state index contributed by atoms with van der Waals surface area (Å²) >= 11 is 0. The van der Waals surface area contributed by atoms with Crippen molar-refractivity contribution in [2.45, 2.75) is 19.2 Å². The van der Waals surface area contributed by atoms with E-state index in [0.717, 1.165) is 5.56 Å². The van der Waals surface area contributed by atoms with Gasteiger partial charge in [-0.15, -0.1) is 0 Å². The van der Waals surface area contributed by atoms with E-state index < -0.39 is 14.9 Å². The SMILES string of the molecule is COc1ccc(CN2c3ccc(C)c([N+](=O)[O-])c3CS2(=O)=O)cc1. The van der Waals surface area contributed by atoms with E-state index in [2.05, 4.69) is 0 Å². The number of hydrogen-bond donors (Lipinski definition) is 0. The van der Waals surface area contributed by atoms with Gasteiger partial charge in [-0.05, 0) is 30.7 Å². The molecule has 8 heteroatoms. The van der Waals surface area contributed by atoms with E-state index in [0.29, 0.717) is 17.0 Å². The molecule has 2 aromatic carbocycles. The van der Waals surface area contributed by atoms with Crippen molar-refractivity contribution in [1.82, 2.24) is 0 Å². The zero-order chi connectivity index (χ0) is 17.5. The van der Waals surface area contributed by atoms with Gasteiger partial charge in [0.2, 0.25) is 10.0 Å². The molecular formula is C16H16N2O5S. The van der Waals surface area contributed by atoms with Gasteiger partial charge >= 0.3 is 0 Å². The number of rotatable bonds is 4. The summed E-state index contributed by atoms with van der Waals surface area (Å²) < 4.78 is 31.3. The summed E-state index contributed by atoms with van der Waals surface area (Å²) in [6.45, 7) is 1.73. The van der Waals surface area contributed by atoms with Crippen molar-refractivity contribution in [3.63, 3.8) is 0 Å². The number of ether oxygens (including phenoxy) is 1. The Labute approximate surface area is 139 Å². The average molecular weight is 348 g/mol. The third kappa shape index (κ3) is 2.69. The first-order valence-corrected chi connectivity index (χ1v) is 8.84. The Hall–Kier alpha value is -2.61. The van der Waals surface area contributed by atoms with Crippen molar-refractivity contribution >= 4 is 21.4 Å². The first-order chi connectivity index (χ1) is 11.3. The number of fused-ring (bicyclic) bond motifs is 1. The number of nitro benzene ring substituents is 1. The molecule has 7 nitrogen and oxygen atoms in total.